The Labute approximate surface area is 157 Å². The molecule has 3 rings (SSSR count). The molecule has 0 unspecified atom stereocenters. The summed E-state index contributed by atoms with van der Waals surface area (Å²) in [5.74, 6) is 0.693. The number of hydrogen-bond donors (Lipinski definition) is 0. The van der Waals surface area contributed by atoms with E-state index in [4.69, 9.17) is 23.2 Å². The Bertz CT molecular complexity index is 862. The van der Waals surface area contributed by atoms with Crippen LogP contribution >= 0.6 is 23.2 Å². The van der Waals surface area contributed by atoms with Gasteiger partial charge in [-0.3, -0.25) is 0 Å². The van der Waals surface area contributed by atoms with Crippen LogP contribution in [0.15, 0.2) is 48.0 Å². The van der Waals surface area contributed by atoms with Gasteiger partial charge in [-0.05, 0) is 35.9 Å². The van der Waals surface area contributed by atoms with Crippen LogP contribution in [0.1, 0.15) is 5.56 Å². The molecule has 0 radical (unpaired) electrons. The Morgan fingerprint density at radius 3 is 2.32 bits per heavy atom. The lowest BCUT2D eigenvalue weighted by molar-refractivity contribution is 0.389. The number of anilines is 1. The molecule has 5 nitrogen and oxygen atoms in total. The first kappa shape index (κ1) is 18.2. The third-order valence-electron chi connectivity index (χ3n) is 3.94. The van der Waals surface area contributed by atoms with Crippen LogP contribution in [-0.4, -0.2) is 43.9 Å². The molecule has 132 valence electrons. The molecular weight excluding hydrogens is 381 g/mol. The number of aromatic nitrogens is 1. The van der Waals surface area contributed by atoms with Crippen molar-refractivity contribution < 1.29 is 8.42 Å². The van der Waals surface area contributed by atoms with E-state index in [0.717, 1.165) is 5.56 Å². The highest BCUT2D eigenvalue weighted by Crippen LogP contribution is 2.24. The molecule has 2 heterocycles. The van der Waals surface area contributed by atoms with E-state index in [0.29, 0.717) is 42.0 Å². The summed E-state index contributed by atoms with van der Waals surface area (Å²) >= 11 is 12.0. The van der Waals surface area contributed by atoms with Crippen molar-refractivity contribution in [3.05, 3.63) is 63.6 Å². The van der Waals surface area contributed by atoms with Crippen molar-refractivity contribution in [3.63, 3.8) is 0 Å². The lowest BCUT2D eigenvalue weighted by Gasteiger charge is -2.34. The normalized spacial score (nSPS) is 16.5. The quantitative estimate of drug-likeness (QED) is 0.791. The zero-order valence-corrected chi connectivity index (χ0v) is 15.7. The summed E-state index contributed by atoms with van der Waals surface area (Å²) in [6.07, 6.45) is 3.26. The Hall–Kier alpha value is -1.60. The lowest BCUT2D eigenvalue weighted by Crippen LogP contribution is -2.48. The minimum atomic E-state index is -3.47. The Balaban J connectivity index is 1.65. The molecule has 25 heavy (non-hydrogen) atoms. The van der Waals surface area contributed by atoms with Gasteiger partial charge in [-0.2, -0.15) is 4.31 Å². The molecule has 1 saturated heterocycles. The van der Waals surface area contributed by atoms with E-state index in [1.54, 1.807) is 48.7 Å². The zero-order chi connectivity index (χ0) is 17.9. The number of rotatable bonds is 4. The molecule has 0 atom stereocenters. The van der Waals surface area contributed by atoms with Crippen molar-refractivity contribution in [2.24, 2.45) is 0 Å². The molecule has 0 spiro atoms. The minimum Gasteiger partial charge on any atom is -0.353 e. The smallest absolute Gasteiger partial charge is 0.236 e. The summed E-state index contributed by atoms with van der Waals surface area (Å²) in [4.78, 5) is 6.27. The molecule has 0 bridgehead atoms. The van der Waals surface area contributed by atoms with Gasteiger partial charge in [-0.1, -0.05) is 35.3 Å². The van der Waals surface area contributed by atoms with Crippen LogP contribution in [0.3, 0.4) is 0 Å². The van der Waals surface area contributed by atoms with Crippen molar-refractivity contribution in [3.8, 4) is 0 Å². The van der Waals surface area contributed by atoms with E-state index in [1.165, 1.54) is 9.71 Å². The Morgan fingerprint density at radius 2 is 1.68 bits per heavy atom. The molecule has 0 aliphatic carbocycles. The number of halogens is 2. The highest BCUT2D eigenvalue weighted by Gasteiger charge is 2.26. The molecule has 1 aliphatic heterocycles. The van der Waals surface area contributed by atoms with Gasteiger partial charge in [-0.25, -0.2) is 13.4 Å². The van der Waals surface area contributed by atoms with Gasteiger partial charge in [0.15, 0.2) is 0 Å². The number of piperazine rings is 1. The van der Waals surface area contributed by atoms with Gasteiger partial charge >= 0.3 is 0 Å². The van der Waals surface area contributed by atoms with Crippen LogP contribution < -0.4 is 4.90 Å². The van der Waals surface area contributed by atoms with Crippen LogP contribution in [-0.2, 0) is 10.0 Å². The van der Waals surface area contributed by atoms with Gasteiger partial charge < -0.3 is 4.90 Å². The number of pyridine rings is 1. The highest BCUT2D eigenvalue weighted by molar-refractivity contribution is 7.92. The standard InChI is InChI=1S/C17H17Cl2N3O2S/c18-15-5-3-14(4-6-15)7-13-25(23,24)22-11-9-21(10-12-22)17-16(19)2-1-8-20-17/h1-8,13H,9-12H2/b13-7+. The average molecular weight is 398 g/mol. The molecule has 2 aromatic rings. The summed E-state index contributed by atoms with van der Waals surface area (Å²) in [6.45, 7) is 1.87. The van der Waals surface area contributed by atoms with Gasteiger partial charge in [0.25, 0.3) is 0 Å². The predicted octanol–water partition coefficient (Wildman–Crippen LogP) is 3.51. The van der Waals surface area contributed by atoms with Crippen molar-refractivity contribution >= 4 is 45.1 Å². The molecule has 1 aromatic carbocycles. The first-order valence-corrected chi connectivity index (χ1v) is 10.0. The summed E-state index contributed by atoms with van der Waals surface area (Å²) in [7, 11) is -3.47. The van der Waals surface area contributed by atoms with E-state index in [-0.39, 0.29) is 0 Å². The van der Waals surface area contributed by atoms with Crippen LogP contribution in [0, 0.1) is 0 Å². The molecule has 1 aromatic heterocycles. The van der Waals surface area contributed by atoms with E-state index >= 15 is 0 Å². The monoisotopic (exact) mass is 397 g/mol. The SMILES string of the molecule is O=S(=O)(/C=C/c1ccc(Cl)cc1)N1CCN(c2ncccc2Cl)CC1. The third kappa shape index (κ3) is 4.52. The minimum absolute atomic E-state index is 0.389. The molecule has 1 aliphatic rings. The van der Waals surface area contributed by atoms with Gasteiger partial charge in [0.1, 0.15) is 5.82 Å². The average Bonchev–Trinajstić information content (AvgIpc) is 2.62. The highest BCUT2D eigenvalue weighted by atomic mass is 35.5. The summed E-state index contributed by atoms with van der Waals surface area (Å²) in [5, 5.41) is 2.42. The fourth-order valence-electron chi connectivity index (χ4n) is 2.59. The second kappa shape index (κ2) is 7.74. The second-order valence-corrected chi connectivity index (χ2v) is 8.26. The lowest BCUT2D eigenvalue weighted by atomic mass is 10.2. The van der Waals surface area contributed by atoms with Crippen molar-refractivity contribution in [2.45, 2.75) is 0 Å². The molecule has 0 saturated carbocycles. The van der Waals surface area contributed by atoms with Crippen LogP contribution in [0.25, 0.3) is 6.08 Å². The summed E-state index contributed by atoms with van der Waals surface area (Å²) < 4.78 is 26.4. The predicted molar refractivity (Wildman–Crippen MR) is 102 cm³/mol. The van der Waals surface area contributed by atoms with E-state index in [2.05, 4.69) is 4.98 Å². The number of nitrogens with zero attached hydrogens (tertiary/aromatic N) is 3. The molecular formula is C17H17Cl2N3O2S. The number of benzene rings is 1. The second-order valence-electron chi connectivity index (χ2n) is 5.59. The van der Waals surface area contributed by atoms with Gasteiger partial charge in [0.2, 0.25) is 10.0 Å². The molecule has 8 heteroatoms. The topological polar surface area (TPSA) is 53.5 Å². The fraction of sp³-hybridized carbons (Fsp3) is 0.235. The van der Waals surface area contributed by atoms with E-state index < -0.39 is 10.0 Å². The molecule has 0 amide bonds. The van der Waals surface area contributed by atoms with Crippen LogP contribution in [0.4, 0.5) is 5.82 Å². The summed E-state index contributed by atoms with van der Waals surface area (Å²) in [5.41, 5.74) is 0.784. The maximum Gasteiger partial charge on any atom is 0.236 e. The first-order valence-electron chi connectivity index (χ1n) is 7.75. The first-order chi connectivity index (χ1) is 12.0. The molecule has 1 fully saturated rings. The number of sulfonamides is 1. The van der Waals surface area contributed by atoms with Gasteiger partial charge in [0, 0.05) is 42.8 Å². The molecule has 0 N–H and O–H groups in total. The van der Waals surface area contributed by atoms with Crippen molar-refractivity contribution in [2.75, 3.05) is 31.1 Å². The third-order valence-corrected chi connectivity index (χ3v) is 6.05. The Kier molecular flexibility index (Phi) is 5.64. The van der Waals surface area contributed by atoms with Gasteiger partial charge in [-0.15, -0.1) is 0 Å². The Morgan fingerprint density at radius 1 is 1.00 bits per heavy atom. The van der Waals surface area contributed by atoms with Crippen molar-refractivity contribution in [1.82, 2.24) is 9.29 Å². The van der Waals surface area contributed by atoms with Crippen LogP contribution in [0.5, 0.6) is 0 Å². The van der Waals surface area contributed by atoms with Crippen LogP contribution in [0.2, 0.25) is 10.0 Å². The zero-order valence-electron chi connectivity index (χ0n) is 13.3. The van der Waals surface area contributed by atoms with Gasteiger partial charge in [0.05, 0.1) is 5.02 Å². The largest absolute Gasteiger partial charge is 0.353 e. The van der Waals surface area contributed by atoms with Crippen molar-refractivity contribution in [1.29, 1.82) is 0 Å². The van der Waals surface area contributed by atoms with E-state index in [1.807, 2.05) is 4.90 Å². The maximum absolute atomic E-state index is 12.5. The summed E-state index contributed by atoms with van der Waals surface area (Å²) in [6, 6.07) is 10.5. The number of hydrogen-bond acceptors (Lipinski definition) is 4. The van der Waals surface area contributed by atoms with E-state index in [9.17, 15) is 8.42 Å². The maximum atomic E-state index is 12.5. The fourth-order valence-corrected chi connectivity index (χ4v) is 4.13.